The molecule has 0 radical (unpaired) electrons. The fraction of sp³-hybridized carbons (Fsp3) is 0.333. The van der Waals surface area contributed by atoms with Crippen LogP contribution < -0.4 is 5.19 Å². The average molecular weight is 238 g/mol. The second-order valence-corrected chi connectivity index (χ2v) is 6.13. The molecule has 0 saturated carbocycles. The first kappa shape index (κ1) is 13.1. The van der Waals surface area contributed by atoms with Crippen LogP contribution >= 0.6 is 0 Å². The van der Waals surface area contributed by atoms with Crippen molar-refractivity contribution >= 4 is 20.1 Å². The molecule has 0 aromatic heterocycles. The molecule has 0 bridgehead atoms. The maximum absolute atomic E-state index is 5.47. The van der Waals surface area contributed by atoms with Crippen molar-refractivity contribution in [2.24, 2.45) is 0 Å². The van der Waals surface area contributed by atoms with E-state index in [0.29, 0.717) is 0 Å². The molecule has 0 aliphatic carbocycles. The lowest BCUT2D eigenvalue weighted by Gasteiger charge is -2.25. The monoisotopic (exact) mass is 238 g/mol. The van der Waals surface area contributed by atoms with Crippen molar-refractivity contribution in [2.45, 2.75) is 6.92 Å². The Morgan fingerprint density at radius 3 is 2.06 bits per heavy atom. The lowest BCUT2D eigenvalue weighted by molar-refractivity contribution is 0.140. The van der Waals surface area contributed by atoms with Crippen molar-refractivity contribution in [2.75, 3.05) is 21.3 Å². The summed E-state index contributed by atoms with van der Waals surface area (Å²) in [5.41, 5.74) is 1.07. The van der Waals surface area contributed by atoms with E-state index in [0.717, 1.165) is 10.8 Å². The molecule has 88 valence electrons. The van der Waals surface area contributed by atoms with Gasteiger partial charge in [0.1, 0.15) is 0 Å². The summed E-state index contributed by atoms with van der Waals surface area (Å²) in [7, 11) is 2.12. The fourth-order valence-electron chi connectivity index (χ4n) is 1.68. The Morgan fingerprint density at radius 2 is 1.56 bits per heavy atom. The minimum atomic E-state index is -2.73. The van der Waals surface area contributed by atoms with Crippen LogP contribution in [-0.2, 0) is 13.3 Å². The van der Waals surface area contributed by atoms with E-state index in [1.807, 2.05) is 43.3 Å². The van der Waals surface area contributed by atoms with Gasteiger partial charge in [-0.05, 0) is 12.5 Å². The van der Waals surface area contributed by atoms with Gasteiger partial charge in [0.2, 0.25) is 0 Å². The third kappa shape index (κ3) is 2.41. The van der Waals surface area contributed by atoms with Crippen molar-refractivity contribution in [3.8, 4) is 0 Å². The van der Waals surface area contributed by atoms with E-state index in [2.05, 4.69) is 0 Å². The van der Waals surface area contributed by atoms with Gasteiger partial charge in [0, 0.05) is 26.5 Å². The molecule has 1 aromatic carbocycles. The van der Waals surface area contributed by atoms with E-state index in [1.54, 1.807) is 21.3 Å². The highest BCUT2D eigenvalue weighted by Crippen LogP contribution is 2.11. The zero-order chi connectivity index (χ0) is 12.0. The summed E-state index contributed by atoms with van der Waals surface area (Å²) in [6, 6.07) is 7.95. The zero-order valence-corrected chi connectivity index (χ0v) is 11.2. The molecule has 0 N–H and O–H groups in total. The Morgan fingerprint density at radius 1 is 1.00 bits per heavy atom. The van der Waals surface area contributed by atoms with Crippen molar-refractivity contribution in [1.29, 1.82) is 0 Å². The molecular formula is C12H18O3Si. The molecule has 0 spiro atoms. The van der Waals surface area contributed by atoms with Gasteiger partial charge in [-0.1, -0.05) is 36.4 Å². The fourth-order valence-corrected chi connectivity index (χ4v) is 3.66. The van der Waals surface area contributed by atoms with Gasteiger partial charge in [-0.25, -0.2) is 0 Å². The maximum Gasteiger partial charge on any atom is 0.537 e. The van der Waals surface area contributed by atoms with Crippen molar-refractivity contribution in [3.63, 3.8) is 0 Å². The standard InChI is InChI=1S/C12H18O3Si/c1-5-8-11-9-6-7-10-12(11)16(13-2,14-3)15-4/h5-10H,1-4H3. The van der Waals surface area contributed by atoms with Crippen LogP contribution in [0.4, 0.5) is 0 Å². The molecule has 0 aliphatic rings. The van der Waals surface area contributed by atoms with Gasteiger partial charge >= 0.3 is 8.80 Å². The Balaban J connectivity index is 3.28. The third-order valence-corrected chi connectivity index (χ3v) is 5.17. The van der Waals surface area contributed by atoms with Crippen LogP contribution in [0.2, 0.25) is 0 Å². The molecule has 0 amide bonds. The lowest BCUT2D eigenvalue weighted by Crippen LogP contribution is -2.55. The summed E-state index contributed by atoms with van der Waals surface area (Å²) in [4.78, 5) is 0. The number of benzene rings is 1. The molecular weight excluding hydrogens is 220 g/mol. The molecule has 4 heteroatoms. The summed E-state index contributed by atoms with van der Waals surface area (Å²) < 4.78 is 16.4. The van der Waals surface area contributed by atoms with Crippen LogP contribution in [0.15, 0.2) is 30.3 Å². The van der Waals surface area contributed by atoms with E-state index in [-0.39, 0.29) is 0 Å². The number of rotatable bonds is 5. The smallest absolute Gasteiger partial charge is 0.373 e. The molecule has 0 unspecified atom stereocenters. The summed E-state index contributed by atoms with van der Waals surface area (Å²) in [5.74, 6) is 0. The topological polar surface area (TPSA) is 27.7 Å². The molecule has 0 fully saturated rings. The van der Waals surface area contributed by atoms with Crippen molar-refractivity contribution < 1.29 is 13.3 Å². The minimum absolute atomic E-state index is 0.987. The van der Waals surface area contributed by atoms with Crippen molar-refractivity contribution in [1.82, 2.24) is 0 Å². The summed E-state index contributed by atoms with van der Waals surface area (Å²) in [5, 5.41) is 0.987. The third-order valence-electron chi connectivity index (χ3n) is 2.44. The first-order valence-corrected chi connectivity index (χ1v) is 6.84. The van der Waals surface area contributed by atoms with Gasteiger partial charge < -0.3 is 13.3 Å². The first-order valence-electron chi connectivity index (χ1n) is 5.11. The Kier molecular flexibility index (Phi) is 4.89. The summed E-state index contributed by atoms with van der Waals surface area (Å²) in [6.45, 7) is 1.98. The molecule has 3 nitrogen and oxygen atoms in total. The van der Waals surface area contributed by atoms with Crippen LogP contribution in [0.3, 0.4) is 0 Å². The van der Waals surface area contributed by atoms with Crippen LogP contribution in [0.5, 0.6) is 0 Å². The number of hydrogen-bond acceptors (Lipinski definition) is 3. The molecule has 0 heterocycles. The lowest BCUT2D eigenvalue weighted by atomic mass is 10.2. The number of allylic oxidation sites excluding steroid dienone is 1. The highest BCUT2D eigenvalue weighted by Gasteiger charge is 2.42. The predicted molar refractivity (Wildman–Crippen MR) is 67.6 cm³/mol. The predicted octanol–water partition coefficient (Wildman–Crippen LogP) is 1.80. The van der Waals surface area contributed by atoms with E-state index >= 15 is 0 Å². The molecule has 0 saturated heterocycles. The second-order valence-electron chi connectivity index (χ2n) is 3.26. The van der Waals surface area contributed by atoms with E-state index in [9.17, 15) is 0 Å². The Hall–Kier alpha value is -0.943. The highest BCUT2D eigenvalue weighted by molar-refractivity contribution is 6.76. The Bertz CT molecular complexity index is 351. The van der Waals surface area contributed by atoms with Gasteiger partial charge in [0.25, 0.3) is 0 Å². The highest BCUT2D eigenvalue weighted by atomic mass is 28.4. The SMILES string of the molecule is CC=Cc1ccccc1[Si](OC)(OC)OC. The van der Waals surface area contributed by atoms with E-state index in [4.69, 9.17) is 13.3 Å². The zero-order valence-electron chi connectivity index (χ0n) is 10.2. The molecule has 0 atom stereocenters. The van der Waals surface area contributed by atoms with Gasteiger partial charge in [-0.15, -0.1) is 0 Å². The minimum Gasteiger partial charge on any atom is -0.373 e. The summed E-state index contributed by atoms with van der Waals surface area (Å²) in [6.07, 6.45) is 4.01. The van der Waals surface area contributed by atoms with Gasteiger partial charge in [0.05, 0.1) is 0 Å². The van der Waals surface area contributed by atoms with Crippen LogP contribution in [0, 0.1) is 0 Å². The largest absolute Gasteiger partial charge is 0.537 e. The molecule has 16 heavy (non-hydrogen) atoms. The van der Waals surface area contributed by atoms with Crippen LogP contribution in [0.1, 0.15) is 12.5 Å². The van der Waals surface area contributed by atoms with Crippen LogP contribution in [0.25, 0.3) is 6.08 Å². The molecule has 1 aromatic rings. The number of hydrogen-bond donors (Lipinski definition) is 0. The molecule has 1 rings (SSSR count). The van der Waals surface area contributed by atoms with E-state index in [1.165, 1.54) is 0 Å². The van der Waals surface area contributed by atoms with Gasteiger partial charge in [-0.2, -0.15) is 0 Å². The average Bonchev–Trinajstić information content (AvgIpc) is 2.34. The first-order chi connectivity index (χ1) is 7.74. The summed E-state index contributed by atoms with van der Waals surface area (Å²) >= 11 is 0. The maximum atomic E-state index is 5.47. The van der Waals surface area contributed by atoms with Crippen molar-refractivity contribution in [3.05, 3.63) is 35.9 Å². The van der Waals surface area contributed by atoms with Gasteiger partial charge in [-0.3, -0.25) is 0 Å². The van der Waals surface area contributed by atoms with E-state index < -0.39 is 8.80 Å². The second kappa shape index (κ2) is 5.96. The normalized spacial score (nSPS) is 12.2. The molecule has 0 aliphatic heterocycles. The quantitative estimate of drug-likeness (QED) is 0.732. The van der Waals surface area contributed by atoms with Gasteiger partial charge in [0.15, 0.2) is 0 Å². The Labute approximate surface area is 98.0 Å². The van der Waals surface area contributed by atoms with Crippen LogP contribution in [-0.4, -0.2) is 30.1 Å².